The lowest BCUT2D eigenvalue weighted by molar-refractivity contribution is -0.0309. The second kappa shape index (κ2) is 8.58. The van der Waals surface area contributed by atoms with E-state index in [9.17, 15) is 4.57 Å². The van der Waals surface area contributed by atoms with Gasteiger partial charge in [-0.15, -0.1) is 0 Å². The van der Waals surface area contributed by atoms with Crippen LogP contribution in [0.1, 0.15) is 0 Å². The molecular weight excluding hydrogens is 201 g/mol. The Kier molecular flexibility index (Phi) is 10.2. The third-order valence-electron chi connectivity index (χ3n) is 0.882. The molecule has 0 radical (unpaired) electrons. The van der Waals surface area contributed by atoms with Gasteiger partial charge in [0.15, 0.2) is 6.29 Å². The molecule has 0 saturated carbocycles. The second-order valence-electron chi connectivity index (χ2n) is 1.71. The molecule has 7 nitrogen and oxygen atoms in total. The van der Waals surface area contributed by atoms with E-state index < -0.39 is 14.1 Å². The van der Waals surface area contributed by atoms with Gasteiger partial charge in [0.05, 0.1) is 0 Å². The maximum absolute atomic E-state index is 10.7. The van der Waals surface area contributed by atoms with Crippen molar-refractivity contribution < 1.29 is 28.3 Å². The Hall–Kier alpha value is -0.0100. The summed E-state index contributed by atoms with van der Waals surface area (Å²) in [4.78, 5) is 0. The van der Waals surface area contributed by atoms with E-state index in [1.165, 1.54) is 21.3 Å². The third-order valence-corrected chi connectivity index (χ3v) is 2.22. The zero-order valence-corrected chi connectivity index (χ0v) is 8.73. The standard InChI is InChI=1S/C3H9O4P.C2H7NO2/c1-5-8(4,6-2)7-3;3-1-2(4)5/h1-3H3;2,4-5H,1,3H2. The largest absolute Gasteiger partial charge is 0.473 e. The van der Waals surface area contributed by atoms with Gasteiger partial charge in [-0.25, -0.2) is 4.57 Å². The van der Waals surface area contributed by atoms with Crippen molar-refractivity contribution >= 4 is 7.82 Å². The molecule has 4 N–H and O–H groups in total. The highest BCUT2D eigenvalue weighted by molar-refractivity contribution is 7.48. The smallest absolute Gasteiger partial charge is 0.367 e. The first-order valence-corrected chi connectivity index (χ1v) is 4.75. The van der Waals surface area contributed by atoms with Crippen LogP contribution in [0.4, 0.5) is 0 Å². The second-order valence-corrected chi connectivity index (χ2v) is 3.70. The first-order chi connectivity index (χ1) is 5.95. The molecular formula is C5H16NO6P. The predicted molar refractivity (Wildman–Crippen MR) is 45.9 cm³/mol. The number of hydrogen-bond acceptors (Lipinski definition) is 7. The number of aliphatic hydroxyl groups excluding tert-OH is 1. The number of phosphoric ester groups is 1. The fourth-order valence-electron chi connectivity index (χ4n) is 0.224. The summed E-state index contributed by atoms with van der Waals surface area (Å²) < 4.78 is 23.7. The molecule has 0 spiro atoms. The van der Waals surface area contributed by atoms with Crippen LogP contribution < -0.4 is 5.73 Å². The van der Waals surface area contributed by atoms with Gasteiger partial charge in [0.25, 0.3) is 0 Å². The Morgan fingerprint density at radius 1 is 1.23 bits per heavy atom. The molecule has 0 unspecified atom stereocenters. The van der Waals surface area contributed by atoms with E-state index in [-0.39, 0.29) is 6.54 Å². The average Bonchev–Trinajstić information content (AvgIpc) is 2.17. The quantitative estimate of drug-likeness (QED) is 0.421. The molecule has 0 aliphatic carbocycles. The summed E-state index contributed by atoms with van der Waals surface area (Å²) in [6, 6.07) is 0. The van der Waals surface area contributed by atoms with Crippen molar-refractivity contribution in [2.75, 3.05) is 27.9 Å². The van der Waals surface area contributed by atoms with Gasteiger partial charge in [0, 0.05) is 27.9 Å². The topological polar surface area (TPSA) is 111 Å². The zero-order valence-electron chi connectivity index (χ0n) is 7.84. The Balaban J connectivity index is 0. The molecule has 0 aromatic heterocycles. The molecule has 0 aliphatic rings. The van der Waals surface area contributed by atoms with Gasteiger partial charge in [0.2, 0.25) is 0 Å². The lowest BCUT2D eigenvalue weighted by Gasteiger charge is -2.08. The lowest BCUT2D eigenvalue weighted by atomic mass is 10.7. The highest BCUT2D eigenvalue weighted by atomic mass is 31.2. The Morgan fingerprint density at radius 3 is 1.46 bits per heavy atom. The summed E-state index contributed by atoms with van der Waals surface area (Å²) in [5.74, 6) is 0. The van der Waals surface area contributed by atoms with Gasteiger partial charge in [-0.2, -0.15) is 0 Å². The van der Waals surface area contributed by atoms with Crippen molar-refractivity contribution in [2.45, 2.75) is 6.29 Å². The summed E-state index contributed by atoms with van der Waals surface area (Å²) >= 11 is 0. The van der Waals surface area contributed by atoms with Crippen molar-refractivity contribution in [3.05, 3.63) is 0 Å². The predicted octanol–water partition coefficient (Wildman–Crippen LogP) is -0.711. The van der Waals surface area contributed by atoms with Crippen LogP contribution in [-0.4, -0.2) is 44.4 Å². The Bertz CT molecular complexity index is 133. The first kappa shape index (κ1) is 15.5. The minimum Gasteiger partial charge on any atom is -0.367 e. The van der Waals surface area contributed by atoms with Crippen LogP contribution >= 0.6 is 7.82 Å². The fourth-order valence-corrected chi connectivity index (χ4v) is 0.671. The fraction of sp³-hybridized carbons (Fsp3) is 1.00. The molecule has 0 aromatic rings. The number of nitrogens with two attached hydrogens (primary N) is 1. The summed E-state index contributed by atoms with van der Waals surface area (Å²) in [6.45, 7) is -0.0833. The van der Waals surface area contributed by atoms with E-state index >= 15 is 0 Å². The van der Waals surface area contributed by atoms with Crippen LogP contribution in [0.15, 0.2) is 0 Å². The van der Waals surface area contributed by atoms with E-state index in [0.717, 1.165) is 0 Å². The van der Waals surface area contributed by atoms with E-state index in [2.05, 4.69) is 19.3 Å². The van der Waals surface area contributed by atoms with Crippen LogP contribution in [-0.2, 0) is 18.1 Å². The monoisotopic (exact) mass is 217 g/mol. The molecule has 0 amide bonds. The van der Waals surface area contributed by atoms with Gasteiger partial charge in [-0.1, -0.05) is 0 Å². The summed E-state index contributed by atoms with van der Waals surface area (Å²) in [7, 11) is 0.611. The van der Waals surface area contributed by atoms with Crippen LogP contribution in [0.5, 0.6) is 0 Å². The van der Waals surface area contributed by atoms with Gasteiger partial charge < -0.3 is 15.9 Å². The van der Waals surface area contributed by atoms with E-state index in [0.29, 0.717) is 0 Å². The molecule has 0 heterocycles. The molecule has 0 aliphatic heterocycles. The van der Waals surface area contributed by atoms with Crippen LogP contribution in [0, 0.1) is 0 Å². The number of phosphoric acid groups is 1. The summed E-state index contributed by atoms with van der Waals surface area (Å²) in [6.07, 6.45) is -1.34. The Morgan fingerprint density at radius 2 is 1.46 bits per heavy atom. The van der Waals surface area contributed by atoms with E-state index in [4.69, 9.17) is 10.2 Å². The van der Waals surface area contributed by atoms with Gasteiger partial charge in [-0.05, 0) is 0 Å². The molecule has 13 heavy (non-hydrogen) atoms. The first-order valence-electron chi connectivity index (χ1n) is 3.29. The normalized spacial score (nSPS) is 11.0. The van der Waals surface area contributed by atoms with Crippen molar-refractivity contribution in [2.24, 2.45) is 5.73 Å². The van der Waals surface area contributed by atoms with Gasteiger partial charge >= 0.3 is 7.82 Å². The highest BCUT2D eigenvalue weighted by Gasteiger charge is 2.18. The van der Waals surface area contributed by atoms with Crippen LogP contribution in [0.25, 0.3) is 0 Å². The van der Waals surface area contributed by atoms with Crippen LogP contribution in [0.3, 0.4) is 0 Å². The summed E-state index contributed by atoms with van der Waals surface area (Å²) in [5.41, 5.74) is 4.67. The van der Waals surface area contributed by atoms with Crippen molar-refractivity contribution in [1.29, 1.82) is 0 Å². The highest BCUT2D eigenvalue weighted by Crippen LogP contribution is 2.46. The molecule has 0 fully saturated rings. The Labute approximate surface area is 77.0 Å². The third kappa shape index (κ3) is 9.91. The molecule has 8 heteroatoms. The van der Waals surface area contributed by atoms with Crippen LogP contribution in [0.2, 0.25) is 0 Å². The van der Waals surface area contributed by atoms with E-state index in [1.807, 2.05) is 0 Å². The minimum atomic E-state index is -3.16. The molecule has 0 atom stereocenters. The maximum Gasteiger partial charge on any atom is 0.473 e. The minimum absolute atomic E-state index is 0.0833. The molecule has 0 rings (SSSR count). The molecule has 0 saturated heterocycles. The summed E-state index contributed by atoms with van der Waals surface area (Å²) in [5, 5.41) is 15.6. The van der Waals surface area contributed by atoms with Gasteiger partial charge in [-0.3, -0.25) is 13.6 Å². The number of rotatable bonds is 4. The van der Waals surface area contributed by atoms with Crippen molar-refractivity contribution in [3.8, 4) is 0 Å². The van der Waals surface area contributed by atoms with E-state index in [1.54, 1.807) is 0 Å². The number of hydrogen-bond donors (Lipinski definition) is 3. The lowest BCUT2D eigenvalue weighted by Crippen LogP contribution is -2.17. The zero-order chi connectivity index (χ0) is 10.9. The van der Waals surface area contributed by atoms with Crippen molar-refractivity contribution in [3.63, 3.8) is 0 Å². The maximum atomic E-state index is 10.7. The molecule has 82 valence electrons. The van der Waals surface area contributed by atoms with Gasteiger partial charge in [0.1, 0.15) is 0 Å². The average molecular weight is 217 g/mol. The SMILES string of the molecule is COP(=O)(OC)OC.NCC(O)O. The molecule has 0 aromatic carbocycles. The molecule has 0 bridgehead atoms. The number of aliphatic hydroxyl groups is 2. The van der Waals surface area contributed by atoms with Crippen molar-refractivity contribution in [1.82, 2.24) is 0 Å².